The van der Waals surface area contributed by atoms with Gasteiger partial charge in [-0.2, -0.15) is 0 Å². The van der Waals surface area contributed by atoms with Gasteiger partial charge in [-0.3, -0.25) is 4.79 Å². The molecule has 6 heteroatoms. The number of rotatable bonds is 6. The number of carbonyl (C=O) groups is 1. The Morgan fingerprint density at radius 3 is 2.23 bits per heavy atom. The lowest BCUT2D eigenvalue weighted by Crippen LogP contribution is -2.40. The number of benzene rings is 2. The van der Waals surface area contributed by atoms with E-state index in [4.69, 9.17) is 11.6 Å². The average molecular weight is 379 g/mol. The van der Waals surface area contributed by atoms with Gasteiger partial charge in [-0.1, -0.05) is 29.8 Å². The first kappa shape index (κ1) is 18.8. The van der Waals surface area contributed by atoms with Gasteiger partial charge in [-0.05, 0) is 56.8 Å². The lowest BCUT2D eigenvalue weighted by molar-refractivity contribution is -0.123. The normalized spacial score (nSPS) is 16.4. The first-order valence-corrected chi connectivity index (χ1v) is 8.87. The Labute approximate surface area is 157 Å². The molecule has 1 fully saturated rings. The molecule has 26 heavy (non-hydrogen) atoms. The van der Waals surface area contributed by atoms with E-state index in [9.17, 15) is 13.6 Å². The Kier molecular flexibility index (Phi) is 5.30. The quantitative estimate of drug-likeness (QED) is 0.821. The SMILES string of the molecule is CN(C)C(CNC(=O)C1(c2ccc(Cl)cc2)CC1)c1c(F)cccc1F. The van der Waals surface area contributed by atoms with E-state index < -0.39 is 23.1 Å². The third-order valence-corrected chi connectivity index (χ3v) is 5.25. The molecule has 0 aliphatic heterocycles. The lowest BCUT2D eigenvalue weighted by Gasteiger charge is -2.27. The van der Waals surface area contributed by atoms with Crippen LogP contribution >= 0.6 is 11.6 Å². The summed E-state index contributed by atoms with van der Waals surface area (Å²) in [5, 5.41) is 3.50. The van der Waals surface area contributed by atoms with Crippen LogP contribution in [0.5, 0.6) is 0 Å². The maximum Gasteiger partial charge on any atom is 0.230 e. The number of hydrogen-bond donors (Lipinski definition) is 1. The third kappa shape index (κ3) is 3.60. The van der Waals surface area contributed by atoms with Gasteiger partial charge in [0, 0.05) is 17.1 Å². The highest BCUT2D eigenvalue weighted by Gasteiger charge is 2.51. The molecule has 1 atom stereocenters. The zero-order valence-electron chi connectivity index (χ0n) is 14.7. The molecule has 3 rings (SSSR count). The van der Waals surface area contributed by atoms with E-state index >= 15 is 0 Å². The van der Waals surface area contributed by atoms with Gasteiger partial charge in [-0.15, -0.1) is 0 Å². The molecule has 1 saturated carbocycles. The second-order valence-corrected chi connectivity index (χ2v) is 7.35. The maximum atomic E-state index is 14.1. The molecule has 1 aliphatic rings. The van der Waals surface area contributed by atoms with Crippen LogP contribution in [-0.2, 0) is 10.2 Å². The molecule has 0 bridgehead atoms. The van der Waals surface area contributed by atoms with Crippen molar-refractivity contribution in [2.75, 3.05) is 20.6 Å². The Morgan fingerprint density at radius 2 is 1.73 bits per heavy atom. The van der Waals surface area contributed by atoms with Crippen molar-refractivity contribution in [2.24, 2.45) is 0 Å². The predicted molar refractivity (Wildman–Crippen MR) is 98.2 cm³/mol. The Balaban J connectivity index is 1.76. The lowest BCUT2D eigenvalue weighted by atomic mass is 9.94. The number of carbonyl (C=O) groups excluding carboxylic acids is 1. The predicted octanol–water partition coefficient (Wildman–Crippen LogP) is 4.07. The molecule has 1 aliphatic carbocycles. The van der Waals surface area contributed by atoms with Gasteiger partial charge in [0.2, 0.25) is 5.91 Å². The second-order valence-electron chi connectivity index (χ2n) is 6.91. The number of nitrogens with one attached hydrogen (secondary N) is 1. The molecule has 2 aromatic carbocycles. The fourth-order valence-corrected chi connectivity index (χ4v) is 3.40. The number of nitrogens with zero attached hydrogens (tertiary/aromatic N) is 1. The van der Waals surface area contributed by atoms with E-state index in [2.05, 4.69) is 5.32 Å². The van der Waals surface area contributed by atoms with E-state index in [0.29, 0.717) is 5.02 Å². The summed E-state index contributed by atoms with van der Waals surface area (Å²) in [5.41, 5.74) is 0.321. The van der Waals surface area contributed by atoms with E-state index in [-0.39, 0.29) is 18.0 Å². The first-order valence-electron chi connectivity index (χ1n) is 8.50. The fourth-order valence-electron chi connectivity index (χ4n) is 3.27. The minimum Gasteiger partial charge on any atom is -0.353 e. The van der Waals surface area contributed by atoms with Crippen molar-refractivity contribution in [2.45, 2.75) is 24.3 Å². The highest BCUT2D eigenvalue weighted by atomic mass is 35.5. The Bertz CT molecular complexity index is 784. The molecule has 0 aromatic heterocycles. The van der Waals surface area contributed by atoms with Crippen molar-refractivity contribution in [3.8, 4) is 0 Å². The van der Waals surface area contributed by atoms with Crippen LogP contribution in [-0.4, -0.2) is 31.4 Å². The first-order chi connectivity index (χ1) is 12.3. The molecule has 0 saturated heterocycles. The molecule has 0 heterocycles. The Morgan fingerprint density at radius 1 is 1.15 bits per heavy atom. The van der Waals surface area contributed by atoms with Crippen LogP contribution in [0.2, 0.25) is 5.02 Å². The average Bonchev–Trinajstić information content (AvgIpc) is 3.39. The zero-order valence-corrected chi connectivity index (χ0v) is 15.5. The molecule has 2 aromatic rings. The number of amides is 1. The van der Waals surface area contributed by atoms with Crippen LogP contribution < -0.4 is 5.32 Å². The minimum atomic E-state index is -0.614. The summed E-state index contributed by atoms with van der Waals surface area (Å²) >= 11 is 5.92. The van der Waals surface area contributed by atoms with Crippen LogP contribution in [0.3, 0.4) is 0 Å². The van der Waals surface area contributed by atoms with Crippen molar-refractivity contribution in [1.82, 2.24) is 10.2 Å². The van der Waals surface area contributed by atoms with E-state index in [0.717, 1.165) is 18.4 Å². The molecule has 1 unspecified atom stereocenters. The topological polar surface area (TPSA) is 32.3 Å². The zero-order chi connectivity index (χ0) is 18.9. The van der Waals surface area contributed by atoms with E-state index in [1.807, 2.05) is 12.1 Å². The van der Waals surface area contributed by atoms with E-state index in [1.165, 1.54) is 18.2 Å². The molecule has 1 amide bonds. The molecule has 0 radical (unpaired) electrons. The highest BCUT2D eigenvalue weighted by molar-refractivity contribution is 6.30. The van der Waals surface area contributed by atoms with E-state index in [1.54, 1.807) is 31.1 Å². The molecule has 3 nitrogen and oxygen atoms in total. The number of likely N-dealkylation sites (N-methyl/N-ethyl adjacent to an activating group) is 1. The number of hydrogen-bond acceptors (Lipinski definition) is 2. The highest BCUT2D eigenvalue weighted by Crippen LogP contribution is 2.48. The van der Waals surface area contributed by atoms with Crippen molar-refractivity contribution in [3.63, 3.8) is 0 Å². The molecule has 1 N–H and O–H groups in total. The van der Waals surface area contributed by atoms with Gasteiger partial charge < -0.3 is 10.2 Å². The van der Waals surface area contributed by atoms with Crippen molar-refractivity contribution < 1.29 is 13.6 Å². The van der Waals surface area contributed by atoms with Gasteiger partial charge in [0.05, 0.1) is 11.5 Å². The van der Waals surface area contributed by atoms with Crippen LogP contribution in [0.25, 0.3) is 0 Å². The van der Waals surface area contributed by atoms with Gasteiger partial charge in [-0.25, -0.2) is 8.78 Å². The summed E-state index contributed by atoms with van der Waals surface area (Å²) in [5.74, 6) is -1.35. The van der Waals surface area contributed by atoms with Crippen LogP contribution in [0.15, 0.2) is 42.5 Å². The van der Waals surface area contributed by atoms with Gasteiger partial charge in [0.1, 0.15) is 11.6 Å². The second kappa shape index (κ2) is 7.33. The van der Waals surface area contributed by atoms with Gasteiger partial charge >= 0.3 is 0 Å². The fraction of sp³-hybridized carbons (Fsp3) is 0.350. The standard InChI is InChI=1S/C20H21ClF2N2O/c1-25(2)17(18-15(22)4-3-5-16(18)23)12-24-19(26)20(10-11-20)13-6-8-14(21)9-7-13/h3-9,17H,10-12H2,1-2H3,(H,24,26). The maximum absolute atomic E-state index is 14.1. The van der Waals surface area contributed by atoms with Crippen molar-refractivity contribution in [1.29, 1.82) is 0 Å². The van der Waals surface area contributed by atoms with Gasteiger partial charge in [0.15, 0.2) is 0 Å². The van der Waals surface area contributed by atoms with Crippen LogP contribution in [0, 0.1) is 11.6 Å². The largest absolute Gasteiger partial charge is 0.353 e. The van der Waals surface area contributed by atoms with Crippen molar-refractivity contribution in [3.05, 3.63) is 70.2 Å². The third-order valence-electron chi connectivity index (χ3n) is 4.99. The van der Waals surface area contributed by atoms with Gasteiger partial charge in [0.25, 0.3) is 0 Å². The molecular weight excluding hydrogens is 358 g/mol. The molecule has 0 spiro atoms. The Hall–Kier alpha value is -1.98. The van der Waals surface area contributed by atoms with Crippen molar-refractivity contribution >= 4 is 17.5 Å². The summed E-state index contributed by atoms with van der Waals surface area (Å²) in [4.78, 5) is 14.5. The van der Waals surface area contributed by atoms with Crippen LogP contribution in [0.1, 0.15) is 30.0 Å². The number of halogens is 3. The summed E-state index contributed by atoms with van der Waals surface area (Å²) < 4.78 is 28.3. The minimum absolute atomic E-state index is 0.0332. The monoisotopic (exact) mass is 378 g/mol. The molecular formula is C20H21ClF2N2O. The van der Waals surface area contributed by atoms with Crippen LogP contribution in [0.4, 0.5) is 8.78 Å². The summed E-state index contributed by atoms with van der Waals surface area (Å²) in [6, 6.07) is 10.4. The summed E-state index contributed by atoms with van der Waals surface area (Å²) in [7, 11) is 3.46. The summed E-state index contributed by atoms with van der Waals surface area (Å²) in [6.45, 7) is 0.124. The smallest absolute Gasteiger partial charge is 0.230 e. The summed E-state index contributed by atoms with van der Waals surface area (Å²) in [6.07, 6.45) is 1.50. The molecule has 138 valence electrons.